The van der Waals surface area contributed by atoms with E-state index in [4.69, 9.17) is 11.6 Å². The number of hydrogen-bond donors (Lipinski definition) is 2. The van der Waals surface area contributed by atoms with Crippen molar-refractivity contribution in [2.45, 2.75) is 19.1 Å². The number of nitrogens with zero attached hydrogens (tertiary/aromatic N) is 1. The summed E-state index contributed by atoms with van der Waals surface area (Å²) in [5, 5.41) is 6.72. The summed E-state index contributed by atoms with van der Waals surface area (Å²) in [6.45, 7) is -0.218. The SMILES string of the molecule is CN=C(NCCCOCC(F)(F)F)NCc1ccccc1Cl.I. The highest BCUT2D eigenvalue weighted by atomic mass is 127. The van der Waals surface area contributed by atoms with Crippen molar-refractivity contribution in [3.05, 3.63) is 34.9 Å². The van der Waals surface area contributed by atoms with Gasteiger partial charge in [0.2, 0.25) is 0 Å². The van der Waals surface area contributed by atoms with Crippen LogP contribution in [-0.2, 0) is 11.3 Å². The van der Waals surface area contributed by atoms with Crippen molar-refractivity contribution < 1.29 is 17.9 Å². The van der Waals surface area contributed by atoms with Crippen LogP contribution in [0.25, 0.3) is 0 Å². The molecule has 9 heteroatoms. The van der Waals surface area contributed by atoms with E-state index in [1.807, 2.05) is 18.2 Å². The zero-order valence-electron chi connectivity index (χ0n) is 12.6. The first-order valence-corrected chi connectivity index (χ1v) is 7.12. The van der Waals surface area contributed by atoms with E-state index in [9.17, 15) is 13.2 Å². The molecule has 4 nitrogen and oxygen atoms in total. The van der Waals surface area contributed by atoms with E-state index in [2.05, 4.69) is 20.4 Å². The van der Waals surface area contributed by atoms with Gasteiger partial charge in [-0.05, 0) is 18.1 Å². The zero-order valence-corrected chi connectivity index (χ0v) is 15.7. The lowest BCUT2D eigenvalue weighted by molar-refractivity contribution is -0.173. The van der Waals surface area contributed by atoms with Gasteiger partial charge in [-0.2, -0.15) is 13.2 Å². The third kappa shape index (κ3) is 10.6. The van der Waals surface area contributed by atoms with E-state index in [0.29, 0.717) is 30.5 Å². The molecular weight excluding hydrogens is 446 g/mol. The zero-order chi connectivity index (χ0) is 16.4. The lowest BCUT2D eigenvalue weighted by Crippen LogP contribution is -2.37. The number of guanidine groups is 1. The van der Waals surface area contributed by atoms with Crippen molar-refractivity contribution >= 4 is 41.5 Å². The monoisotopic (exact) mass is 465 g/mol. The van der Waals surface area contributed by atoms with E-state index in [1.54, 1.807) is 13.1 Å². The molecule has 0 aliphatic heterocycles. The highest BCUT2D eigenvalue weighted by Crippen LogP contribution is 2.14. The molecule has 0 amide bonds. The van der Waals surface area contributed by atoms with E-state index in [1.165, 1.54) is 0 Å². The van der Waals surface area contributed by atoms with Crippen LogP contribution in [0.4, 0.5) is 13.2 Å². The maximum absolute atomic E-state index is 11.9. The third-order valence-electron chi connectivity index (χ3n) is 2.65. The number of ether oxygens (including phenoxy) is 1. The van der Waals surface area contributed by atoms with Crippen molar-refractivity contribution in [3.8, 4) is 0 Å². The van der Waals surface area contributed by atoms with Gasteiger partial charge in [-0.15, -0.1) is 24.0 Å². The molecule has 1 aromatic carbocycles. The minimum atomic E-state index is -4.28. The highest BCUT2D eigenvalue weighted by molar-refractivity contribution is 14.0. The van der Waals surface area contributed by atoms with E-state index >= 15 is 0 Å². The van der Waals surface area contributed by atoms with Crippen LogP contribution in [0, 0.1) is 0 Å². The molecule has 0 unspecified atom stereocenters. The summed E-state index contributed by atoms with van der Waals surface area (Å²) in [5.74, 6) is 0.552. The summed E-state index contributed by atoms with van der Waals surface area (Å²) in [4.78, 5) is 4.02. The molecule has 0 aromatic heterocycles. The molecule has 0 fully saturated rings. The summed E-state index contributed by atoms with van der Waals surface area (Å²) in [6.07, 6.45) is -3.83. The summed E-state index contributed by atoms with van der Waals surface area (Å²) in [6, 6.07) is 7.43. The number of alkyl halides is 3. The molecule has 0 bridgehead atoms. The molecule has 0 aliphatic carbocycles. The number of aliphatic imine (C=N–C) groups is 1. The smallest absolute Gasteiger partial charge is 0.372 e. The van der Waals surface area contributed by atoms with Crippen molar-refractivity contribution in [1.82, 2.24) is 10.6 Å². The third-order valence-corrected chi connectivity index (χ3v) is 3.02. The van der Waals surface area contributed by atoms with E-state index in [-0.39, 0.29) is 30.6 Å². The first-order chi connectivity index (χ1) is 10.4. The Balaban J connectivity index is 0.00000484. The molecule has 0 spiro atoms. The predicted octanol–water partition coefficient (Wildman–Crippen LogP) is 3.59. The number of hydrogen-bond acceptors (Lipinski definition) is 2. The van der Waals surface area contributed by atoms with Crippen LogP contribution in [0.3, 0.4) is 0 Å². The summed E-state index contributed by atoms with van der Waals surface area (Å²) >= 11 is 6.04. The summed E-state index contributed by atoms with van der Waals surface area (Å²) in [7, 11) is 1.61. The lowest BCUT2D eigenvalue weighted by Gasteiger charge is -2.13. The Hall–Kier alpha value is -0.740. The maximum atomic E-state index is 11.9. The Kier molecular flexibility index (Phi) is 11.4. The second kappa shape index (κ2) is 11.7. The molecule has 0 aliphatic rings. The highest BCUT2D eigenvalue weighted by Gasteiger charge is 2.27. The number of rotatable bonds is 7. The van der Waals surface area contributed by atoms with Crippen molar-refractivity contribution in [3.63, 3.8) is 0 Å². The fourth-order valence-electron chi connectivity index (χ4n) is 1.61. The molecular formula is C14H20ClF3IN3O. The second-order valence-corrected chi connectivity index (χ2v) is 4.87. The minimum absolute atomic E-state index is 0. The van der Waals surface area contributed by atoms with Gasteiger partial charge in [0, 0.05) is 31.8 Å². The molecule has 1 aromatic rings. The Labute approximate surface area is 155 Å². The number of nitrogens with one attached hydrogen (secondary N) is 2. The largest absolute Gasteiger partial charge is 0.411 e. The second-order valence-electron chi connectivity index (χ2n) is 4.47. The molecule has 132 valence electrons. The van der Waals surface area contributed by atoms with Crippen molar-refractivity contribution in [1.29, 1.82) is 0 Å². The fraction of sp³-hybridized carbons (Fsp3) is 0.500. The summed E-state index contributed by atoms with van der Waals surface area (Å²) < 4.78 is 40.1. The van der Waals surface area contributed by atoms with Crippen LogP contribution < -0.4 is 10.6 Å². The molecule has 23 heavy (non-hydrogen) atoms. The molecule has 0 saturated heterocycles. The normalized spacial score (nSPS) is 11.8. The number of halogens is 5. The molecule has 2 N–H and O–H groups in total. The minimum Gasteiger partial charge on any atom is -0.372 e. The average molecular weight is 466 g/mol. The molecule has 0 radical (unpaired) electrons. The molecule has 1 rings (SSSR count). The van der Waals surface area contributed by atoms with Crippen LogP contribution in [-0.4, -0.2) is 38.9 Å². The van der Waals surface area contributed by atoms with Crippen molar-refractivity contribution in [2.24, 2.45) is 4.99 Å². The number of benzene rings is 1. The van der Waals surface area contributed by atoms with Gasteiger partial charge < -0.3 is 15.4 Å². The van der Waals surface area contributed by atoms with Crippen molar-refractivity contribution in [2.75, 3.05) is 26.8 Å². The van der Waals surface area contributed by atoms with Gasteiger partial charge in [-0.3, -0.25) is 4.99 Å². The van der Waals surface area contributed by atoms with Gasteiger partial charge in [-0.1, -0.05) is 29.8 Å². The van der Waals surface area contributed by atoms with Crippen LogP contribution in [0.1, 0.15) is 12.0 Å². The molecule has 0 atom stereocenters. The summed E-state index contributed by atoms with van der Waals surface area (Å²) in [5.41, 5.74) is 0.931. The van der Waals surface area contributed by atoms with E-state index in [0.717, 1.165) is 5.56 Å². The Bertz CT molecular complexity index is 487. The topological polar surface area (TPSA) is 45.7 Å². The van der Waals surface area contributed by atoms with Gasteiger partial charge in [0.25, 0.3) is 0 Å². The van der Waals surface area contributed by atoms with Gasteiger partial charge in [-0.25, -0.2) is 0 Å². The predicted molar refractivity (Wildman–Crippen MR) is 96.6 cm³/mol. The Morgan fingerprint density at radius 3 is 2.57 bits per heavy atom. The van der Waals surface area contributed by atoms with E-state index < -0.39 is 12.8 Å². The standard InChI is InChI=1S/C14H19ClF3N3O.HI/c1-19-13(20-7-4-8-22-10-14(16,17)18)21-9-11-5-2-3-6-12(11)15;/h2-3,5-6H,4,7-10H2,1H3,(H2,19,20,21);1H. The Morgan fingerprint density at radius 1 is 1.26 bits per heavy atom. The fourth-order valence-corrected chi connectivity index (χ4v) is 1.81. The van der Waals surface area contributed by atoms with Gasteiger partial charge in [0.15, 0.2) is 5.96 Å². The van der Waals surface area contributed by atoms with Gasteiger partial charge >= 0.3 is 6.18 Å². The molecule has 0 saturated carbocycles. The first kappa shape index (κ1) is 22.3. The lowest BCUT2D eigenvalue weighted by atomic mass is 10.2. The maximum Gasteiger partial charge on any atom is 0.411 e. The van der Waals surface area contributed by atoms with Gasteiger partial charge in [0.05, 0.1) is 0 Å². The molecule has 0 heterocycles. The Morgan fingerprint density at radius 2 is 1.96 bits per heavy atom. The van der Waals surface area contributed by atoms with Gasteiger partial charge in [0.1, 0.15) is 6.61 Å². The van der Waals surface area contributed by atoms with Crippen LogP contribution in [0.15, 0.2) is 29.3 Å². The first-order valence-electron chi connectivity index (χ1n) is 6.75. The van der Waals surface area contributed by atoms with Crippen LogP contribution in [0.5, 0.6) is 0 Å². The van der Waals surface area contributed by atoms with Crippen LogP contribution in [0.2, 0.25) is 5.02 Å². The van der Waals surface area contributed by atoms with Crippen LogP contribution >= 0.6 is 35.6 Å². The average Bonchev–Trinajstić information content (AvgIpc) is 2.46. The quantitative estimate of drug-likeness (QED) is 0.280.